The molecule has 3 aromatic heterocycles. The molecule has 0 bridgehead atoms. The lowest BCUT2D eigenvalue weighted by Gasteiger charge is -2.28. The molecule has 1 N–H and O–H groups in total. The number of fused-ring (bicyclic) bond motifs is 2. The van der Waals surface area contributed by atoms with Gasteiger partial charge in [0.1, 0.15) is 10.7 Å². The molecule has 0 fully saturated rings. The van der Waals surface area contributed by atoms with Crippen molar-refractivity contribution in [3.63, 3.8) is 0 Å². The number of aliphatic carboxylic acids is 1. The smallest absolute Gasteiger partial charge is 0.337 e. The van der Waals surface area contributed by atoms with Gasteiger partial charge in [0, 0.05) is 40.3 Å². The number of aryl methyl sites for hydroxylation is 2. The summed E-state index contributed by atoms with van der Waals surface area (Å²) in [6, 6.07) is 21.4. The van der Waals surface area contributed by atoms with E-state index in [0.717, 1.165) is 59.8 Å². The van der Waals surface area contributed by atoms with Gasteiger partial charge in [0.15, 0.2) is 6.10 Å². The van der Waals surface area contributed by atoms with Gasteiger partial charge in [-0.2, -0.15) is 5.10 Å². The predicted octanol–water partition coefficient (Wildman–Crippen LogP) is 8.48. The Balaban J connectivity index is 1.56. The lowest BCUT2D eigenvalue weighted by Crippen LogP contribution is -2.28. The van der Waals surface area contributed by atoms with Crippen molar-refractivity contribution >= 4 is 50.0 Å². The van der Waals surface area contributed by atoms with Crippen LogP contribution in [0.3, 0.4) is 0 Å². The van der Waals surface area contributed by atoms with E-state index in [1.807, 2.05) is 106 Å². The van der Waals surface area contributed by atoms with Gasteiger partial charge >= 0.3 is 5.97 Å². The van der Waals surface area contributed by atoms with Crippen LogP contribution in [-0.4, -0.2) is 36.4 Å². The summed E-state index contributed by atoms with van der Waals surface area (Å²) < 4.78 is 8.87. The minimum absolute atomic E-state index is 0.598. The summed E-state index contributed by atoms with van der Waals surface area (Å²) in [4.78, 5) is 22.3. The highest BCUT2D eigenvalue weighted by atomic mass is 35.5. The van der Waals surface area contributed by atoms with Crippen LogP contribution in [0.15, 0.2) is 72.9 Å². The van der Waals surface area contributed by atoms with Crippen molar-refractivity contribution < 1.29 is 14.6 Å². The fourth-order valence-electron chi connectivity index (χ4n) is 5.26. The third kappa shape index (κ3) is 5.17. The van der Waals surface area contributed by atoms with Crippen LogP contribution < -0.4 is 0 Å². The number of nitrogens with zero attached hydrogens (tertiary/aromatic N) is 4. The number of halogens is 1. The van der Waals surface area contributed by atoms with E-state index in [2.05, 4.69) is 4.98 Å². The largest absolute Gasteiger partial charge is 0.479 e. The number of carbonyl (C=O) groups is 1. The number of ether oxygens (including phenoxy) is 1. The first-order valence-corrected chi connectivity index (χ1v) is 14.7. The number of rotatable bonds is 6. The van der Waals surface area contributed by atoms with E-state index in [0.29, 0.717) is 10.6 Å². The first-order valence-electron chi connectivity index (χ1n) is 13.5. The molecular weight excluding hydrogens is 568 g/mol. The highest BCUT2D eigenvalue weighted by molar-refractivity contribution is 7.22. The van der Waals surface area contributed by atoms with Crippen LogP contribution >= 0.6 is 22.9 Å². The number of benzene rings is 3. The van der Waals surface area contributed by atoms with E-state index in [4.69, 9.17) is 26.4 Å². The number of aromatic nitrogens is 4. The van der Waals surface area contributed by atoms with E-state index in [-0.39, 0.29) is 0 Å². The molecule has 0 unspecified atom stereocenters. The summed E-state index contributed by atoms with van der Waals surface area (Å²) in [5.41, 5.74) is 6.62. The molecule has 0 amide bonds. The van der Waals surface area contributed by atoms with Gasteiger partial charge in [-0.25, -0.2) is 9.78 Å². The van der Waals surface area contributed by atoms with E-state index in [1.54, 1.807) is 6.20 Å². The standard InChI is InChI=1S/C33H29ClN4O3S/c1-18-16-24-30(27(19-10-12-21(34)13-11-19)26(18)29(32(39)40)41-33(2,3)4)42-31(36-24)20-14-15-35-23(17-20)28-22-8-6-7-9-25(22)38(5)37-28/h6-17,29H,1-5H3,(H,39,40)/t29-/m0/s1. The molecule has 0 aliphatic carbocycles. The molecule has 1 atom stereocenters. The Morgan fingerprint density at radius 3 is 2.50 bits per heavy atom. The van der Waals surface area contributed by atoms with Crippen LogP contribution in [0.2, 0.25) is 5.02 Å². The Hall–Kier alpha value is -4.11. The second kappa shape index (κ2) is 10.6. The lowest BCUT2D eigenvalue weighted by molar-refractivity contribution is -0.160. The average Bonchev–Trinajstić information content (AvgIpc) is 3.52. The maximum absolute atomic E-state index is 12.6. The van der Waals surface area contributed by atoms with Crippen molar-refractivity contribution in [2.45, 2.75) is 39.4 Å². The average molecular weight is 597 g/mol. The number of pyridine rings is 1. The maximum atomic E-state index is 12.6. The first kappa shape index (κ1) is 28.0. The van der Waals surface area contributed by atoms with Crippen LogP contribution in [-0.2, 0) is 16.6 Å². The van der Waals surface area contributed by atoms with Crippen LogP contribution in [0.25, 0.3) is 54.2 Å². The molecule has 9 heteroatoms. The maximum Gasteiger partial charge on any atom is 0.337 e. The van der Waals surface area contributed by atoms with Crippen LogP contribution in [0, 0.1) is 6.92 Å². The van der Waals surface area contributed by atoms with Crippen molar-refractivity contribution in [2.75, 3.05) is 0 Å². The predicted molar refractivity (Wildman–Crippen MR) is 169 cm³/mol. The number of hydrogen-bond acceptors (Lipinski definition) is 6. The number of hydrogen-bond donors (Lipinski definition) is 1. The zero-order chi connectivity index (χ0) is 29.8. The molecule has 0 saturated heterocycles. The highest BCUT2D eigenvalue weighted by Crippen LogP contribution is 2.44. The first-order chi connectivity index (χ1) is 20.0. The van der Waals surface area contributed by atoms with Crippen molar-refractivity contribution in [3.8, 4) is 33.1 Å². The van der Waals surface area contributed by atoms with Crippen LogP contribution in [0.4, 0.5) is 0 Å². The second-order valence-electron chi connectivity index (χ2n) is 11.2. The summed E-state index contributed by atoms with van der Waals surface area (Å²) in [5.74, 6) is -1.05. The third-order valence-corrected chi connectivity index (χ3v) is 8.42. The lowest BCUT2D eigenvalue weighted by atomic mass is 9.91. The molecule has 7 nitrogen and oxygen atoms in total. The number of para-hydroxylation sites is 1. The molecule has 0 radical (unpaired) electrons. The summed E-state index contributed by atoms with van der Waals surface area (Å²) in [5, 5.41) is 17.5. The topological polar surface area (TPSA) is 90.1 Å². The van der Waals surface area contributed by atoms with Gasteiger partial charge in [0.2, 0.25) is 0 Å². The zero-order valence-electron chi connectivity index (χ0n) is 23.8. The molecule has 0 aliphatic heterocycles. The normalized spacial score (nSPS) is 12.7. The Morgan fingerprint density at radius 1 is 1.05 bits per heavy atom. The Bertz CT molecular complexity index is 1970. The zero-order valence-corrected chi connectivity index (χ0v) is 25.4. The summed E-state index contributed by atoms with van der Waals surface area (Å²) in [6.07, 6.45) is 0.602. The molecule has 3 heterocycles. The van der Waals surface area contributed by atoms with Gasteiger partial charge in [-0.1, -0.05) is 41.9 Å². The fraction of sp³-hybridized carbons (Fsp3) is 0.212. The highest BCUT2D eigenvalue weighted by Gasteiger charge is 2.32. The van der Waals surface area contributed by atoms with E-state index < -0.39 is 17.7 Å². The molecule has 3 aromatic carbocycles. The number of carboxylic acids is 1. The van der Waals surface area contributed by atoms with Gasteiger partial charge in [0.25, 0.3) is 0 Å². The van der Waals surface area contributed by atoms with E-state index >= 15 is 0 Å². The Kier molecular flexibility index (Phi) is 7.09. The fourth-order valence-corrected chi connectivity index (χ4v) is 6.51. The van der Waals surface area contributed by atoms with Crippen molar-refractivity contribution in [2.24, 2.45) is 7.05 Å². The molecule has 212 valence electrons. The minimum Gasteiger partial charge on any atom is -0.479 e. The quantitative estimate of drug-likeness (QED) is 0.207. The molecular formula is C33H29ClN4O3S. The second-order valence-corrected chi connectivity index (χ2v) is 12.7. The number of thiazole rings is 1. The molecule has 0 spiro atoms. The Morgan fingerprint density at radius 2 is 1.79 bits per heavy atom. The molecule has 42 heavy (non-hydrogen) atoms. The Labute approximate surface area is 252 Å². The minimum atomic E-state index is -1.17. The van der Waals surface area contributed by atoms with Gasteiger partial charge < -0.3 is 9.84 Å². The molecule has 6 rings (SSSR count). The van der Waals surface area contributed by atoms with E-state index in [1.165, 1.54) is 11.3 Å². The summed E-state index contributed by atoms with van der Waals surface area (Å²) in [6.45, 7) is 7.48. The SMILES string of the molecule is Cc1cc2nc(-c3ccnc(-c4nn(C)c5ccccc45)c3)sc2c(-c2ccc(Cl)cc2)c1[C@H](OC(C)(C)C)C(=O)O. The van der Waals surface area contributed by atoms with Crippen molar-refractivity contribution in [1.82, 2.24) is 19.7 Å². The summed E-state index contributed by atoms with van der Waals surface area (Å²) >= 11 is 7.75. The molecule has 0 aliphatic rings. The van der Waals surface area contributed by atoms with Crippen LogP contribution in [0.1, 0.15) is 38.0 Å². The van der Waals surface area contributed by atoms with Crippen molar-refractivity contribution in [1.29, 1.82) is 0 Å². The van der Waals surface area contributed by atoms with Gasteiger partial charge in [-0.05, 0) is 75.2 Å². The number of carboxylic acid groups (broad SMARTS) is 1. The van der Waals surface area contributed by atoms with Crippen LogP contribution in [0.5, 0.6) is 0 Å². The van der Waals surface area contributed by atoms with Crippen molar-refractivity contribution in [3.05, 3.63) is 89.1 Å². The molecule has 6 aromatic rings. The van der Waals surface area contributed by atoms with Gasteiger partial charge in [0.05, 0.1) is 27.0 Å². The van der Waals surface area contributed by atoms with Gasteiger partial charge in [-0.15, -0.1) is 11.3 Å². The van der Waals surface area contributed by atoms with E-state index in [9.17, 15) is 9.90 Å². The third-order valence-electron chi connectivity index (χ3n) is 7.03. The molecule has 0 saturated carbocycles. The monoisotopic (exact) mass is 596 g/mol. The summed E-state index contributed by atoms with van der Waals surface area (Å²) in [7, 11) is 1.93. The van der Waals surface area contributed by atoms with Gasteiger partial charge in [-0.3, -0.25) is 9.67 Å².